The zero-order valence-corrected chi connectivity index (χ0v) is 16.3. The quantitative estimate of drug-likeness (QED) is 0.439. The second-order valence-corrected chi connectivity index (χ2v) is 6.12. The number of esters is 2. The van der Waals surface area contributed by atoms with Crippen molar-refractivity contribution in [2.24, 2.45) is 0 Å². The van der Waals surface area contributed by atoms with Crippen molar-refractivity contribution in [1.82, 2.24) is 0 Å². The highest BCUT2D eigenvalue weighted by Crippen LogP contribution is 2.16. The lowest BCUT2D eigenvalue weighted by Gasteiger charge is -2.14. The lowest BCUT2D eigenvalue weighted by Crippen LogP contribution is -2.30. The van der Waals surface area contributed by atoms with E-state index in [1.54, 1.807) is 48.5 Å². The minimum absolute atomic E-state index is 0.188. The van der Waals surface area contributed by atoms with Gasteiger partial charge >= 0.3 is 11.9 Å². The van der Waals surface area contributed by atoms with Gasteiger partial charge in [0, 0.05) is 11.6 Å². The van der Waals surface area contributed by atoms with E-state index in [1.165, 1.54) is 33.1 Å². The molecule has 0 spiro atoms. The molecule has 0 unspecified atom stereocenters. The maximum absolute atomic E-state index is 12.3. The molecule has 0 heterocycles. The Bertz CT molecular complexity index is 946. The first kappa shape index (κ1) is 21.6. The molecule has 0 aliphatic carbocycles. The van der Waals surface area contributed by atoms with Crippen molar-refractivity contribution in [3.63, 3.8) is 0 Å². The van der Waals surface area contributed by atoms with E-state index in [4.69, 9.17) is 4.74 Å². The van der Waals surface area contributed by atoms with Crippen LogP contribution in [-0.4, -0.2) is 36.8 Å². The topological polar surface area (TPSA) is 98.8 Å². The standard InChI is InChI=1S/C22H21NO6/c1-14(24)18-6-4-5-7-19(18)23-21(26)15(2)29-20(25)13-10-16-8-11-17(12-9-16)22(27)28-3/h4-13,15H,1-3H3,(H,23,26)/b13-10+/t15-/m1/s1. The predicted octanol–water partition coefficient (Wildman–Crippen LogP) is 3.26. The van der Waals surface area contributed by atoms with E-state index in [0.29, 0.717) is 22.4 Å². The summed E-state index contributed by atoms with van der Waals surface area (Å²) < 4.78 is 9.70. The summed E-state index contributed by atoms with van der Waals surface area (Å²) in [6.07, 6.45) is 1.62. The fourth-order valence-electron chi connectivity index (χ4n) is 2.41. The highest BCUT2D eigenvalue weighted by molar-refractivity contribution is 6.05. The molecule has 29 heavy (non-hydrogen) atoms. The lowest BCUT2D eigenvalue weighted by atomic mass is 10.1. The number of benzene rings is 2. The van der Waals surface area contributed by atoms with Crippen LogP contribution in [0.4, 0.5) is 5.69 Å². The molecule has 7 heteroatoms. The lowest BCUT2D eigenvalue weighted by molar-refractivity contribution is -0.148. The molecule has 0 radical (unpaired) electrons. The number of methoxy groups -OCH3 is 1. The van der Waals surface area contributed by atoms with E-state index in [0.717, 1.165) is 0 Å². The van der Waals surface area contributed by atoms with Gasteiger partial charge in [-0.3, -0.25) is 9.59 Å². The SMILES string of the molecule is COC(=O)c1ccc(/C=C/C(=O)O[C@H](C)C(=O)Nc2ccccc2C(C)=O)cc1. The van der Waals surface area contributed by atoms with E-state index < -0.39 is 23.9 Å². The molecule has 1 N–H and O–H groups in total. The number of ketones is 1. The van der Waals surface area contributed by atoms with Gasteiger partial charge in [-0.15, -0.1) is 0 Å². The first-order valence-electron chi connectivity index (χ1n) is 8.79. The molecule has 1 atom stereocenters. The van der Waals surface area contributed by atoms with Gasteiger partial charge in [0.25, 0.3) is 5.91 Å². The van der Waals surface area contributed by atoms with Gasteiger partial charge in [0.05, 0.1) is 18.4 Å². The van der Waals surface area contributed by atoms with Crippen molar-refractivity contribution >= 4 is 35.4 Å². The molecule has 0 fully saturated rings. The molecule has 0 aliphatic rings. The number of nitrogens with one attached hydrogen (secondary N) is 1. The number of amides is 1. The molecular weight excluding hydrogens is 374 g/mol. The molecule has 150 valence electrons. The van der Waals surface area contributed by atoms with Crippen molar-refractivity contribution in [2.45, 2.75) is 20.0 Å². The van der Waals surface area contributed by atoms with Crippen molar-refractivity contribution in [1.29, 1.82) is 0 Å². The van der Waals surface area contributed by atoms with Crippen LogP contribution in [0.3, 0.4) is 0 Å². The second-order valence-electron chi connectivity index (χ2n) is 6.12. The van der Waals surface area contributed by atoms with E-state index in [1.807, 2.05) is 0 Å². The van der Waals surface area contributed by atoms with Gasteiger partial charge < -0.3 is 14.8 Å². The Morgan fingerprint density at radius 1 is 1.00 bits per heavy atom. The first-order valence-corrected chi connectivity index (χ1v) is 8.79. The van der Waals surface area contributed by atoms with E-state index in [9.17, 15) is 19.2 Å². The van der Waals surface area contributed by atoms with Gasteiger partial charge in [-0.2, -0.15) is 0 Å². The third-order valence-electron chi connectivity index (χ3n) is 3.97. The number of hydrogen-bond donors (Lipinski definition) is 1. The van der Waals surface area contributed by atoms with Crippen LogP contribution in [0, 0.1) is 0 Å². The minimum Gasteiger partial charge on any atom is -0.465 e. The third kappa shape index (κ3) is 6.14. The first-order chi connectivity index (χ1) is 13.8. The van der Waals surface area contributed by atoms with Crippen molar-refractivity contribution in [3.05, 3.63) is 71.3 Å². The molecule has 0 aromatic heterocycles. The predicted molar refractivity (Wildman–Crippen MR) is 107 cm³/mol. The average molecular weight is 395 g/mol. The maximum atomic E-state index is 12.3. The van der Waals surface area contributed by atoms with Crippen molar-refractivity contribution in [2.75, 3.05) is 12.4 Å². The Morgan fingerprint density at radius 3 is 2.28 bits per heavy atom. The molecule has 0 aliphatic heterocycles. The maximum Gasteiger partial charge on any atom is 0.337 e. The fraction of sp³-hybridized carbons (Fsp3) is 0.182. The zero-order chi connectivity index (χ0) is 21.4. The highest BCUT2D eigenvalue weighted by Gasteiger charge is 2.18. The molecule has 2 aromatic carbocycles. The Morgan fingerprint density at radius 2 is 1.66 bits per heavy atom. The number of rotatable bonds is 7. The van der Waals surface area contributed by atoms with Gasteiger partial charge in [-0.05, 0) is 49.8 Å². The Hall–Kier alpha value is -3.74. The minimum atomic E-state index is -1.06. The third-order valence-corrected chi connectivity index (χ3v) is 3.97. The van der Waals surface area contributed by atoms with Crippen LogP contribution in [0.25, 0.3) is 6.08 Å². The number of hydrogen-bond acceptors (Lipinski definition) is 6. The van der Waals surface area contributed by atoms with Crippen LogP contribution in [0.5, 0.6) is 0 Å². The normalized spacial score (nSPS) is 11.6. The van der Waals surface area contributed by atoms with Crippen LogP contribution in [-0.2, 0) is 19.1 Å². The molecule has 2 aromatic rings. The number of para-hydroxylation sites is 1. The summed E-state index contributed by atoms with van der Waals surface area (Å²) in [6.45, 7) is 2.83. The molecule has 0 saturated carbocycles. The van der Waals surface area contributed by atoms with Crippen LogP contribution < -0.4 is 5.32 Å². The molecular formula is C22H21NO6. The second kappa shape index (κ2) is 9.98. The number of carbonyl (C=O) groups is 4. The van der Waals surface area contributed by atoms with E-state index in [2.05, 4.69) is 10.1 Å². The molecule has 0 saturated heterocycles. The number of carbonyl (C=O) groups excluding carboxylic acids is 4. The average Bonchev–Trinajstić information content (AvgIpc) is 2.72. The summed E-state index contributed by atoms with van der Waals surface area (Å²) in [5.41, 5.74) is 1.79. The number of anilines is 1. The van der Waals surface area contributed by atoms with Crippen molar-refractivity contribution < 1.29 is 28.7 Å². The van der Waals surface area contributed by atoms with Gasteiger partial charge in [0.1, 0.15) is 0 Å². The smallest absolute Gasteiger partial charge is 0.337 e. The highest BCUT2D eigenvalue weighted by atomic mass is 16.5. The molecule has 0 bridgehead atoms. The number of ether oxygens (including phenoxy) is 2. The van der Waals surface area contributed by atoms with Gasteiger partial charge in [0.2, 0.25) is 0 Å². The van der Waals surface area contributed by atoms with E-state index >= 15 is 0 Å². The van der Waals surface area contributed by atoms with Gasteiger partial charge in [-0.25, -0.2) is 9.59 Å². The summed E-state index contributed by atoms with van der Waals surface area (Å²) in [5.74, 6) is -1.90. The van der Waals surface area contributed by atoms with Crippen LogP contribution >= 0.6 is 0 Å². The Labute approximate surface area is 168 Å². The number of Topliss-reactive ketones (excluding diaryl/α,β-unsaturated/α-hetero) is 1. The Kier molecular flexibility index (Phi) is 7.42. The monoisotopic (exact) mass is 395 g/mol. The Balaban J connectivity index is 1.94. The zero-order valence-electron chi connectivity index (χ0n) is 16.3. The fourth-order valence-corrected chi connectivity index (χ4v) is 2.41. The summed E-state index contributed by atoms with van der Waals surface area (Å²) in [4.78, 5) is 47.2. The summed E-state index contributed by atoms with van der Waals surface area (Å²) in [7, 11) is 1.29. The van der Waals surface area contributed by atoms with Crippen LogP contribution in [0.15, 0.2) is 54.6 Å². The van der Waals surface area contributed by atoms with Gasteiger partial charge in [0.15, 0.2) is 11.9 Å². The molecule has 1 amide bonds. The molecule has 7 nitrogen and oxygen atoms in total. The van der Waals surface area contributed by atoms with E-state index in [-0.39, 0.29) is 5.78 Å². The largest absolute Gasteiger partial charge is 0.465 e. The van der Waals surface area contributed by atoms with Crippen LogP contribution in [0.1, 0.15) is 40.1 Å². The van der Waals surface area contributed by atoms with Crippen molar-refractivity contribution in [3.8, 4) is 0 Å². The summed E-state index contributed by atoms with van der Waals surface area (Å²) in [6, 6.07) is 13.0. The van der Waals surface area contributed by atoms with Crippen LogP contribution in [0.2, 0.25) is 0 Å². The molecule has 2 rings (SSSR count). The summed E-state index contributed by atoms with van der Waals surface area (Å²) >= 11 is 0. The summed E-state index contributed by atoms with van der Waals surface area (Å²) in [5, 5.41) is 2.59. The van der Waals surface area contributed by atoms with Gasteiger partial charge in [-0.1, -0.05) is 24.3 Å².